The van der Waals surface area contributed by atoms with Crippen molar-refractivity contribution in [3.63, 3.8) is 0 Å². The largest absolute Gasteiger partial charge is 0.456 e. The van der Waals surface area contributed by atoms with Crippen LogP contribution in [0.2, 0.25) is 0 Å². The molecule has 12 aromatic rings. The molecule has 9 aromatic carbocycles. The van der Waals surface area contributed by atoms with Gasteiger partial charge in [-0.2, -0.15) is 0 Å². The zero-order valence-corrected chi connectivity index (χ0v) is 34.9. The molecule has 3 heteroatoms. The molecular formula is C58H46N2O. The molecule has 0 aliphatic heterocycles. The second kappa shape index (κ2) is 15.9. The Hall–Kier alpha value is -7.62. The first kappa shape index (κ1) is 37.6. The lowest BCUT2D eigenvalue weighted by Crippen LogP contribution is -1.93. The van der Waals surface area contributed by atoms with Crippen LogP contribution in [-0.4, -0.2) is 9.13 Å². The molecular weight excluding hydrogens is 741 g/mol. The van der Waals surface area contributed by atoms with E-state index in [0.717, 1.165) is 38.9 Å². The van der Waals surface area contributed by atoms with Gasteiger partial charge in [-0.1, -0.05) is 155 Å². The Morgan fingerprint density at radius 3 is 1.44 bits per heavy atom. The van der Waals surface area contributed by atoms with Gasteiger partial charge >= 0.3 is 0 Å². The van der Waals surface area contributed by atoms with Crippen LogP contribution in [0.15, 0.2) is 211 Å². The average Bonchev–Trinajstić information content (AvgIpc) is 4.00. The summed E-state index contributed by atoms with van der Waals surface area (Å²) in [5.41, 5.74) is 16.0. The van der Waals surface area contributed by atoms with Crippen molar-refractivity contribution >= 4 is 65.6 Å². The number of benzene rings is 9. The summed E-state index contributed by atoms with van der Waals surface area (Å²) in [7, 11) is 0. The van der Waals surface area contributed by atoms with Crippen molar-refractivity contribution in [2.24, 2.45) is 0 Å². The summed E-state index contributed by atoms with van der Waals surface area (Å²) in [6, 6.07) is 74.5. The second-order valence-electron chi connectivity index (χ2n) is 14.9. The Labute approximate surface area is 356 Å². The first-order valence-corrected chi connectivity index (χ1v) is 21.5. The van der Waals surface area contributed by atoms with Crippen LogP contribution in [0.25, 0.3) is 110 Å². The van der Waals surface area contributed by atoms with Crippen LogP contribution in [0.3, 0.4) is 0 Å². The van der Waals surface area contributed by atoms with E-state index in [-0.39, 0.29) is 0 Å². The molecule has 61 heavy (non-hydrogen) atoms. The lowest BCUT2D eigenvalue weighted by atomic mass is 9.98. The molecule has 0 bridgehead atoms. The summed E-state index contributed by atoms with van der Waals surface area (Å²) in [4.78, 5) is 0. The number of nitrogens with zero attached hydrogens (tertiary/aromatic N) is 2. The van der Waals surface area contributed by atoms with Crippen LogP contribution < -0.4 is 0 Å². The molecule has 0 unspecified atom stereocenters. The highest BCUT2D eigenvalue weighted by Gasteiger charge is 2.17. The molecule has 0 amide bonds. The van der Waals surface area contributed by atoms with Crippen LogP contribution in [0, 0.1) is 0 Å². The van der Waals surface area contributed by atoms with E-state index >= 15 is 0 Å². The van der Waals surface area contributed by atoms with Gasteiger partial charge in [-0.3, -0.25) is 0 Å². The molecule has 0 N–H and O–H groups in total. The maximum Gasteiger partial charge on any atom is 0.135 e. The van der Waals surface area contributed by atoms with Gasteiger partial charge in [-0.15, -0.1) is 0 Å². The van der Waals surface area contributed by atoms with Crippen molar-refractivity contribution in [2.45, 2.75) is 27.7 Å². The van der Waals surface area contributed by atoms with Crippen LogP contribution >= 0.6 is 0 Å². The lowest BCUT2D eigenvalue weighted by Gasteiger charge is -2.10. The van der Waals surface area contributed by atoms with Crippen LogP contribution in [-0.2, 0) is 0 Å². The maximum absolute atomic E-state index is 6.47. The third kappa shape index (κ3) is 6.38. The fourth-order valence-electron chi connectivity index (χ4n) is 9.03. The molecule has 0 saturated heterocycles. The van der Waals surface area contributed by atoms with Crippen molar-refractivity contribution in [3.8, 4) is 44.8 Å². The van der Waals surface area contributed by atoms with Crippen molar-refractivity contribution in [1.82, 2.24) is 9.13 Å². The van der Waals surface area contributed by atoms with E-state index in [9.17, 15) is 0 Å². The second-order valence-corrected chi connectivity index (χ2v) is 14.9. The third-order valence-corrected chi connectivity index (χ3v) is 11.7. The molecule has 0 atom stereocenters. The molecule has 294 valence electrons. The number of fused-ring (bicyclic) bond motifs is 9. The van der Waals surface area contributed by atoms with Gasteiger partial charge in [0.2, 0.25) is 0 Å². The van der Waals surface area contributed by atoms with Gasteiger partial charge in [0.05, 0.1) is 22.1 Å². The Morgan fingerprint density at radius 1 is 0.262 bits per heavy atom. The summed E-state index contributed by atoms with van der Waals surface area (Å²) in [5.74, 6) is 0. The molecule has 12 rings (SSSR count). The monoisotopic (exact) mass is 786 g/mol. The van der Waals surface area contributed by atoms with E-state index in [1.54, 1.807) is 0 Å². The van der Waals surface area contributed by atoms with Gasteiger partial charge < -0.3 is 13.6 Å². The normalized spacial score (nSPS) is 11.3. The Bertz CT molecular complexity index is 3510. The predicted octanol–water partition coefficient (Wildman–Crippen LogP) is 16.8. The van der Waals surface area contributed by atoms with Crippen molar-refractivity contribution in [3.05, 3.63) is 206 Å². The predicted molar refractivity (Wildman–Crippen MR) is 261 cm³/mol. The summed E-state index contributed by atoms with van der Waals surface area (Å²) in [6.07, 6.45) is 0. The quantitative estimate of drug-likeness (QED) is 0.170. The number of para-hydroxylation sites is 3. The molecule has 0 saturated carbocycles. The molecule has 0 aliphatic rings. The molecule has 3 nitrogen and oxygen atoms in total. The number of hydrogen-bond donors (Lipinski definition) is 0. The smallest absolute Gasteiger partial charge is 0.135 e. The zero-order valence-electron chi connectivity index (χ0n) is 34.9. The summed E-state index contributed by atoms with van der Waals surface area (Å²) >= 11 is 0. The molecule has 0 aliphatic carbocycles. The van der Waals surface area contributed by atoms with Crippen LogP contribution in [0.4, 0.5) is 0 Å². The van der Waals surface area contributed by atoms with E-state index in [0.29, 0.717) is 0 Å². The summed E-state index contributed by atoms with van der Waals surface area (Å²) < 4.78 is 11.2. The van der Waals surface area contributed by atoms with Crippen molar-refractivity contribution in [2.75, 3.05) is 0 Å². The zero-order chi connectivity index (χ0) is 41.5. The minimum Gasteiger partial charge on any atom is -0.456 e. The van der Waals surface area contributed by atoms with Gasteiger partial charge in [0.1, 0.15) is 11.2 Å². The van der Waals surface area contributed by atoms with Gasteiger partial charge in [0.15, 0.2) is 0 Å². The lowest BCUT2D eigenvalue weighted by molar-refractivity contribution is 0.669. The number of rotatable bonds is 5. The molecule has 3 heterocycles. The van der Waals surface area contributed by atoms with Gasteiger partial charge in [0.25, 0.3) is 0 Å². The SMILES string of the molecule is CC.CC.c1ccc(-c2cccc(-c3ccc4c(c3)c3ccccc3n4-c3ccc4oc5ccc(-c6ccc7c8ccccc8n(-c8ccccc8)c7c6)cc5c4c3)c2)cc1. The molecule has 0 spiro atoms. The summed E-state index contributed by atoms with van der Waals surface area (Å²) in [6.45, 7) is 8.00. The van der Waals surface area contributed by atoms with E-state index < -0.39 is 0 Å². The first-order valence-electron chi connectivity index (χ1n) is 21.5. The third-order valence-electron chi connectivity index (χ3n) is 11.7. The number of hydrogen-bond acceptors (Lipinski definition) is 1. The minimum atomic E-state index is 0.881. The highest BCUT2D eigenvalue weighted by atomic mass is 16.3. The number of furan rings is 1. The average molecular weight is 787 g/mol. The fraction of sp³-hybridized carbons (Fsp3) is 0.0690. The van der Waals surface area contributed by atoms with E-state index in [1.165, 1.54) is 71.4 Å². The van der Waals surface area contributed by atoms with Gasteiger partial charge in [-0.05, 0) is 112 Å². The summed E-state index contributed by atoms with van der Waals surface area (Å²) in [5, 5.41) is 7.17. The Morgan fingerprint density at radius 2 is 0.721 bits per heavy atom. The maximum atomic E-state index is 6.47. The van der Waals surface area contributed by atoms with Gasteiger partial charge in [0, 0.05) is 43.7 Å². The van der Waals surface area contributed by atoms with Crippen LogP contribution in [0.5, 0.6) is 0 Å². The first-order chi connectivity index (χ1) is 30.2. The van der Waals surface area contributed by atoms with E-state index in [1.807, 2.05) is 27.7 Å². The van der Waals surface area contributed by atoms with E-state index in [4.69, 9.17) is 4.42 Å². The van der Waals surface area contributed by atoms with Crippen LogP contribution in [0.1, 0.15) is 27.7 Å². The fourth-order valence-corrected chi connectivity index (χ4v) is 9.03. The number of aromatic nitrogens is 2. The van der Waals surface area contributed by atoms with E-state index in [2.05, 4.69) is 215 Å². The Balaban J connectivity index is 0.00000108. The highest BCUT2D eigenvalue weighted by molar-refractivity contribution is 6.13. The molecule has 0 fully saturated rings. The van der Waals surface area contributed by atoms with Gasteiger partial charge in [-0.25, -0.2) is 0 Å². The van der Waals surface area contributed by atoms with Crippen molar-refractivity contribution in [1.29, 1.82) is 0 Å². The highest BCUT2D eigenvalue weighted by Crippen LogP contribution is 2.40. The minimum absolute atomic E-state index is 0.881. The molecule has 3 aromatic heterocycles. The standard InChI is InChI=1S/C54H34N2O.2C2H6/c1-3-12-35(13-4-1)36-14-11-15-37(30-36)38-23-27-51-46(31-38)44-19-8-10-21-50(44)56(51)42-25-29-54-48(34-42)47-32-39(24-28-53(47)57-54)40-22-26-45-43-18-7-9-20-49(43)55(52(45)33-40)41-16-5-2-6-17-41;2*1-2/h1-34H;2*1-2H3. The topological polar surface area (TPSA) is 23.0 Å². The Kier molecular flexibility index (Phi) is 9.78. The molecule has 0 radical (unpaired) electrons. The van der Waals surface area contributed by atoms with Crippen molar-refractivity contribution < 1.29 is 4.42 Å².